The molecule has 4 atom stereocenters. The van der Waals surface area contributed by atoms with Crippen molar-refractivity contribution in [3.05, 3.63) is 52.5 Å². The Balaban J connectivity index is 1.82. The minimum absolute atomic E-state index is 0.0641. The van der Waals surface area contributed by atoms with Gasteiger partial charge in [0.2, 0.25) is 5.54 Å². The number of Topliss-reactive ketones (excluding diaryl/α,β-unsaturated/α-hetero) is 1. The quantitative estimate of drug-likeness (QED) is 0.479. The average Bonchev–Trinajstić information content (AvgIpc) is 3.02. The number of nitrogens with zero attached hydrogens (tertiary/aromatic N) is 1. The Hall–Kier alpha value is -2.59. The first-order valence-electron chi connectivity index (χ1n) is 13.6. The number of ether oxygens (including phenoxy) is 2. The molecule has 1 fully saturated rings. The third kappa shape index (κ3) is 4.70. The molecule has 0 radical (unpaired) electrons. The molecule has 3 aliphatic rings. The maximum Gasteiger partial charge on any atom is 0.367 e. The number of benzene rings is 2. The van der Waals surface area contributed by atoms with E-state index in [4.69, 9.17) is 21.1 Å². The molecule has 2 aromatic carbocycles. The Bertz CT molecular complexity index is 1360. The Morgan fingerprint density at radius 1 is 1.15 bits per heavy atom. The van der Waals surface area contributed by atoms with Gasteiger partial charge in [-0.1, -0.05) is 38.4 Å². The van der Waals surface area contributed by atoms with Gasteiger partial charge >= 0.3 is 11.9 Å². The Morgan fingerprint density at radius 3 is 2.55 bits per heavy atom. The van der Waals surface area contributed by atoms with Gasteiger partial charge in [-0.05, 0) is 36.8 Å². The van der Waals surface area contributed by atoms with Crippen LogP contribution < -0.4 is 19.3 Å². The van der Waals surface area contributed by atoms with Crippen molar-refractivity contribution in [2.45, 2.75) is 44.9 Å². The molecule has 1 amide bonds. The first kappa shape index (κ1) is 28.9. The van der Waals surface area contributed by atoms with E-state index in [1.54, 1.807) is 6.07 Å². The van der Waals surface area contributed by atoms with E-state index in [0.29, 0.717) is 42.0 Å². The van der Waals surface area contributed by atoms with Gasteiger partial charge in [0.1, 0.15) is 30.4 Å². The van der Waals surface area contributed by atoms with E-state index in [-0.39, 0.29) is 42.2 Å². The zero-order valence-electron chi connectivity index (χ0n) is 23.3. The number of carboxylic acid groups (broad SMARTS) is 1. The van der Waals surface area contributed by atoms with E-state index < -0.39 is 27.3 Å². The van der Waals surface area contributed by atoms with Crippen molar-refractivity contribution in [3.8, 4) is 11.5 Å². The Morgan fingerprint density at radius 2 is 1.88 bits per heavy atom. The minimum Gasteiger partial charge on any atom is -0.486 e. The number of amides is 1. The molecule has 10 heteroatoms. The number of rotatable bonds is 5. The molecule has 1 unspecified atom stereocenters. The lowest BCUT2D eigenvalue weighted by molar-refractivity contribution is -0.167. The molecule has 40 heavy (non-hydrogen) atoms. The number of hydrogen-bond acceptors (Lipinski definition) is 7. The molecular weight excluding hydrogens is 552 g/mol. The van der Waals surface area contributed by atoms with Crippen LogP contribution in [0, 0.1) is 11.3 Å². The summed E-state index contributed by atoms with van der Waals surface area (Å²) in [5.41, 5.74) is 0.115. The molecule has 0 saturated carbocycles. The molecule has 3 heterocycles. The van der Waals surface area contributed by atoms with Crippen LogP contribution in [0.4, 0.5) is 5.69 Å². The summed E-state index contributed by atoms with van der Waals surface area (Å²) in [6.07, 6.45) is 0.135. The van der Waals surface area contributed by atoms with Gasteiger partial charge in [-0.3, -0.25) is 4.79 Å². The van der Waals surface area contributed by atoms with E-state index in [9.17, 15) is 19.5 Å². The average molecular weight is 588 g/mol. The second kappa shape index (κ2) is 10.7. The number of aliphatic carboxylic acids is 1. The lowest BCUT2D eigenvalue weighted by Gasteiger charge is -2.54. The van der Waals surface area contributed by atoms with Gasteiger partial charge in [-0.2, -0.15) is 0 Å². The summed E-state index contributed by atoms with van der Waals surface area (Å²) in [6, 6.07) is 11.1. The minimum atomic E-state index is -1.69. The smallest absolute Gasteiger partial charge is 0.367 e. The maximum atomic E-state index is 14.7. The highest BCUT2D eigenvalue weighted by Crippen LogP contribution is 2.54. The fraction of sp³-hybridized carbons (Fsp3) is 0.500. The number of carbonyl (C=O) groups excluding carboxylic acids is 2. The SMILES string of the molecule is CC(=O)[C@H]1CNCC[C@]1(C(=O)O)[N@+]1(CC(C)(C)C)C(=O)CSC(c2ccc3c(c2)OCCO3)c2cc(Cl)ccc21. The highest BCUT2D eigenvalue weighted by molar-refractivity contribution is 8.00. The number of nitrogens with one attached hydrogen (secondary N) is 1. The zero-order chi connectivity index (χ0) is 28.9. The number of carboxylic acids is 1. The number of carbonyl (C=O) groups is 3. The Kier molecular flexibility index (Phi) is 7.72. The molecule has 0 spiro atoms. The van der Waals surface area contributed by atoms with Gasteiger partial charge in [0.05, 0.1) is 17.7 Å². The van der Waals surface area contributed by atoms with Crippen LogP contribution in [-0.4, -0.2) is 66.9 Å². The number of hydrogen-bond donors (Lipinski definition) is 2. The van der Waals surface area contributed by atoms with Crippen molar-refractivity contribution in [3.63, 3.8) is 0 Å². The number of quaternary nitrogens is 1. The molecule has 5 rings (SSSR count). The number of halogens is 1. The van der Waals surface area contributed by atoms with Crippen molar-refractivity contribution >= 4 is 46.7 Å². The van der Waals surface area contributed by atoms with Crippen molar-refractivity contribution in [2.24, 2.45) is 11.3 Å². The van der Waals surface area contributed by atoms with Crippen molar-refractivity contribution in [1.29, 1.82) is 0 Å². The van der Waals surface area contributed by atoms with Crippen LogP contribution in [0.1, 0.15) is 50.5 Å². The third-order valence-corrected chi connectivity index (χ3v) is 9.72. The van der Waals surface area contributed by atoms with Crippen LogP contribution in [0.25, 0.3) is 0 Å². The second-order valence-corrected chi connectivity index (χ2v) is 13.6. The van der Waals surface area contributed by atoms with Gasteiger partial charge in [-0.15, -0.1) is 11.8 Å². The van der Waals surface area contributed by atoms with Gasteiger partial charge in [0.25, 0.3) is 0 Å². The standard InChI is InChI=1S/C30H35ClN2O6S/c1-18(34)22-15-32-10-9-30(22,28(36)37)33(17-29(2,3)4)23-7-6-20(31)14-21(23)27(40-16-26(33)35)19-5-8-24-25(13-19)39-12-11-38-24/h5-8,13-14,22,27,32H,9-12,15-17H2,1-4H3/p+1/t22-,27?,30+,33+/m1/s1. The fourth-order valence-electron chi connectivity index (χ4n) is 6.76. The normalized spacial score (nSPS) is 28.4. The third-order valence-electron chi connectivity index (χ3n) is 8.21. The summed E-state index contributed by atoms with van der Waals surface area (Å²) >= 11 is 8.04. The van der Waals surface area contributed by atoms with Crippen LogP contribution in [-0.2, 0) is 14.4 Å². The van der Waals surface area contributed by atoms with Gasteiger partial charge in [0.15, 0.2) is 11.5 Å². The second-order valence-electron chi connectivity index (χ2n) is 12.1. The van der Waals surface area contributed by atoms with Crippen LogP contribution in [0.5, 0.6) is 11.5 Å². The lowest BCUT2D eigenvalue weighted by Crippen LogP contribution is -2.80. The maximum absolute atomic E-state index is 14.7. The summed E-state index contributed by atoms with van der Waals surface area (Å²) in [6.45, 7) is 9.17. The highest BCUT2D eigenvalue weighted by atomic mass is 35.5. The van der Waals surface area contributed by atoms with Crippen LogP contribution in [0.3, 0.4) is 0 Å². The molecule has 214 valence electrons. The first-order chi connectivity index (χ1) is 18.9. The zero-order valence-corrected chi connectivity index (χ0v) is 24.9. The van der Waals surface area contributed by atoms with Crippen LogP contribution in [0.15, 0.2) is 36.4 Å². The first-order valence-corrected chi connectivity index (χ1v) is 15.0. The van der Waals surface area contributed by atoms with Crippen molar-refractivity contribution in [1.82, 2.24) is 9.80 Å². The molecule has 2 aromatic rings. The molecule has 1 saturated heterocycles. The van der Waals surface area contributed by atoms with E-state index in [1.807, 2.05) is 51.1 Å². The van der Waals surface area contributed by atoms with Gasteiger partial charge < -0.3 is 19.9 Å². The van der Waals surface area contributed by atoms with E-state index in [2.05, 4.69) is 5.32 Å². The number of ketones is 1. The largest absolute Gasteiger partial charge is 0.486 e. The van der Waals surface area contributed by atoms with Crippen LogP contribution >= 0.6 is 23.4 Å². The number of fused-ring (bicyclic) bond motifs is 2. The summed E-state index contributed by atoms with van der Waals surface area (Å²) in [4.78, 5) is 41.5. The van der Waals surface area contributed by atoms with Crippen molar-refractivity contribution in [2.75, 3.05) is 38.6 Å². The summed E-state index contributed by atoms with van der Waals surface area (Å²) in [7, 11) is 0. The van der Waals surface area contributed by atoms with Gasteiger partial charge in [-0.25, -0.2) is 14.1 Å². The molecule has 8 nitrogen and oxygen atoms in total. The topological polar surface area (TPSA) is 102 Å². The molecule has 0 aromatic heterocycles. The monoisotopic (exact) mass is 587 g/mol. The van der Waals surface area contributed by atoms with E-state index in [0.717, 1.165) is 11.1 Å². The van der Waals surface area contributed by atoms with E-state index >= 15 is 0 Å². The molecule has 3 aliphatic heterocycles. The number of piperidine rings is 1. The fourth-order valence-corrected chi connectivity index (χ4v) is 8.18. The molecular formula is C30H36ClN2O6S+. The predicted octanol–water partition coefficient (Wildman–Crippen LogP) is 4.85. The molecule has 0 aliphatic carbocycles. The summed E-state index contributed by atoms with van der Waals surface area (Å²) < 4.78 is 11.1. The molecule has 2 N–H and O–H groups in total. The van der Waals surface area contributed by atoms with Gasteiger partial charge in [0, 0.05) is 41.6 Å². The molecule has 0 bridgehead atoms. The predicted molar refractivity (Wildman–Crippen MR) is 156 cm³/mol. The van der Waals surface area contributed by atoms with E-state index in [1.165, 1.54) is 18.7 Å². The highest BCUT2D eigenvalue weighted by Gasteiger charge is 2.69. The van der Waals surface area contributed by atoms with Crippen molar-refractivity contribution < 1.29 is 29.0 Å². The van der Waals surface area contributed by atoms with Crippen LogP contribution in [0.2, 0.25) is 5.02 Å². The Labute approximate surface area is 243 Å². The summed E-state index contributed by atoms with van der Waals surface area (Å²) in [5, 5.41) is 14.5. The number of thioether (sulfide) groups is 1. The summed E-state index contributed by atoms with van der Waals surface area (Å²) in [5.74, 6) is -1.13. The lowest BCUT2D eigenvalue weighted by atomic mass is 9.70.